The lowest BCUT2D eigenvalue weighted by atomic mass is 10.2. The Balaban J connectivity index is 2.77. The second kappa shape index (κ2) is 3.69. The summed E-state index contributed by atoms with van der Waals surface area (Å²) in [6.45, 7) is 1.99. The van der Waals surface area contributed by atoms with Crippen molar-refractivity contribution in [1.82, 2.24) is 5.32 Å². The Bertz CT molecular complexity index is 282. The quantitative estimate of drug-likeness (QED) is 0.714. The molecule has 4 heteroatoms. The van der Waals surface area contributed by atoms with Crippen LogP contribution < -0.4 is 11.1 Å². The molecule has 1 rings (SSSR count). The average molecular weight is 184 g/mol. The van der Waals surface area contributed by atoms with E-state index in [4.69, 9.17) is 5.73 Å². The van der Waals surface area contributed by atoms with Gasteiger partial charge in [0.15, 0.2) is 0 Å². The molecule has 0 aliphatic carbocycles. The lowest BCUT2D eigenvalue weighted by Gasteiger charge is -2.06. The Kier molecular flexibility index (Phi) is 2.83. The molecule has 12 heavy (non-hydrogen) atoms. The lowest BCUT2D eigenvalue weighted by molar-refractivity contribution is -0.121. The van der Waals surface area contributed by atoms with Gasteiger partial charge in [-0.3, -0.25) is 4.79 Å². The number of carbonyl (C=O) groups excluding carboxylic acids is 1. The number of carbonyl (C=O) groups is 1. The predicted octanol–water partition coefficient (Wildman–Crippen LogP) is 0.802. The second-order valence-corrected chi connectivity index (χ2v) is 3.86. The Morgan fingerprint density at radius 3 is 2.75 bits per heavy atom. The molecule has 1 amide bonds. The van der Waals surface area contributed by atoms with E-state index in [1.165, 1.54) is 4.88 Å². The van der Waals surface area contributed by atoms with E-state index in [1.54, 1.807) is 18.4 Å². The Hall–Kier alpha value is -0.870. The van der Waals surface area contributed by atoms with Crippen molar-refractivity contribution in [3.8, 4) is 0 Å². The molecule has 0 saturated heterocycles. The first kappa shape index (κ1) is 9.22. The minimum atomic E-state index is -0.520. The first-order chi connectivity index (χ1) is 5.65. The van der Waals surface area contributed by atoms with Gasteiger partial charge in [-0.2, -0.15) is 0 Å². The molecule has 3 nitrogen and oxygen atoms in total. The molecule has 0 aliphatic rings. The van der Waals surface area contributed by atoms with Crippen molar-refractivity contribution >= 4 is 17.2 Å². The number of aryl methyl sites for hydroxylation is 1. The van der Waals surface area contributed by atoms with Crippen molar-refractivity contribution in [2.24, 2.45) is 5.73 Å². The van der Waals surface area contributed by atoms with Crippen molar-refractivity contribution in [1.29, 1.82) is 0 Å². The number of nitrogens with one attached hydrogen (secondary N) is 1. The molecule has 1 unspecified atom stereocenters. The summed E-state index contributed by atoms with van der Waals surface area (Å²) in [5.41, 5.74) is 5.66. The molecule has 0 radical (unpaired) electrons. The third-order valence-corrected chi connectivity index (χ3v) is 2.68. The average Bonchev–Trinajstić information content (AvgIpc) is 2.49. The van der Waals surface area contributed by atoms with E-state index in [0.29, 0.717) is 0 Å². The summed E-state index contributed by atoms with van der Waals surface area (Å²) in [4.78, 5) is 13.2. The Morgan fingerprint density at radius 2 is 2.33 bits per heavy atom. The van der Waals surface area contributed by atoms with E-state index in [0.717, 1.165) is 4.88 Å². The van der Waals surface area contributed by atoms with Crippen LogP contribution in [0, 0.1) is 6.92 Å². The predicted molar refractivity (Wildman–Crippen MR) is 50.1 cm³/mol. The zero-order chi connectivity index (χ0) is 9.14. The van der Waals surface area contributed by atoms with E-state index in [1.807, 2.05) is 19.1 Å². The maximum atomic E-state index is 11.1. The molecule has 0 aromatic carbocycles. The molecule has 1 aromatic heterocycles. The van der Waals surface area contributed by atoms with Crippen molar-refractivity contribution in [2.75, 3.05) is 7.05 Å². The summed E-state index contributed by atoms with van der Waals surface area (Å²) < 4.78 is 0. The smallest absolute Gasteiger partial charge is 0.242 e. The van der Waals surface area contributed by atoms with Gasteiger partial charge in [0, 0.05) is 16.8 Å². The third-order valence-electron chi connectivity index (χ3n) is 1.60. The molecular formula is C8H12N2OS. The fourth-order valence-electron chi connectivity index (χ4n) is 0.905. The Morgan fingerprint density at radius 1 is 1.67 bits per heavy atom. The lowest BCUT2D eigenvalue weighted by Crippen LogP contribution is -2.30. The van der Waals surface area contributed by atoms with Gasteiger partial charge in [-0.25, -0.2) is 0 Å². The standard InChI is InChI=1S/C8H12N2OS/c1-5-3-4-6(12-5)7(9)8(11)10-2/h3-4,7H,9H2,1-2H3,(H,10,11). The van der Waals surface area contributed by atoms with Crippen molar-refractivity contribution < 1.29 is 4.79 Å². The molecule has 1 heterocycles. The molecule has 3 N–H and O–H groups in total. The van der Waals surface area contributed by atoms with Gasteiger partial charge < -0.3 is 11.1 Å². The highest BCUT2D eigenvalue weighted by Crippen LogP contribution is 2.20. The zero-order valence-corrected chi connectivity index (χ0v) is 7.94. The van der Waals surface area contributed by atoms with Crippen LogP contribution in [0.4, 0.5) is 0 Å². The normalized spacial score (nSPS) is 12.6. The number of hydrogen-bond acceptors (Lipinski definition) is 3. The van der Waals surface area contributed by atoms with Crippen LogP contribution in [0.25, 0.3) is 0 Å². The van der Waals surface area contributed by atoms with Crippen LogP contribution >= 0.6 is 11.3 Å². The second-order valence-electron chi connectivity index (χ2n) is 2.54. The minimum absolute atomic E-state index is 0.142. The fraction of sp³-hybridized carbons (Fsp3) is 0.375. The van der Waals surface area contributed by atoms with E-state index in [-0.39, 0.29) is 5.91 Å². The number of thiophene rings is 1. The highest BCUT2D eigenvalue weighted by atomic mass is 32.1. The molecular weight excluding hydrogens is 172 g/mol. The van der Waals surface area contributed by atoms with Gasteiger partial charge in [-0.15, -0.1) is 11.3 Å². The van der Waals surface area contributed by atoms with Gasteiger partial charge in [0.05, 0.1) is 0 Å². The van der Waals surface area contributed by atoms with Gasteiger partial charge in [0.1, 0.15) is 6.04 Å². The summed E-state index contributed by atoms with van der Waals surface area (Å²) >= 11 is 1.55. The van der Waals surface area contributed by atoms with E-state index in [9.17, 15) is 4.79 Å². The summed E-state index contributed by atoms with van der Waals surface area (Å²) in [6.07, 6.45) is 0. The molecule has 0 fully saturated rings. The summed E-state index contributed by atoms with van der Waals surface area (Å²) in [5.74, 6) is -0.142. The maximum absolute atomic E-state index is 11.1. The van der Waals surface area contributed by atoms with Crippen LogP contribution in [0.1, 0.15) is 15.8 Å². The van der Waals surface area contributed by atoms with E-state index >= 15 is 0 Å². The summed E-state index contributed by atoms with van der Waals surface area (Å²) in [5, 5.41) is 2.52. The van der Waals surface area contributed by atoms with Crippen LogP contribution in [0.15, 0.2) is 12.1 Å². The Labute approximate surface area is 75.6 Å². The van der Waals surface area contributed by atoms with Crippen molar-refractivity contribution in [3.63, 3.8) is 0 Å². The van der Waals surface area contributed by atoms with Crippen LogP contribution in [-0.2, 0) is 4.79 Å². The number of nitrogens with two attached hydrogens (primary N) is 1. The van der Waals surface area contributed by atoms with Crippen molar-refractivity contribution in [3.05, 3.63) is 21.9 Å². The molecule has 66 valence electrons. The number of likely N-dealkylation sites (N-methyl/N-ethyl adjacent to an activating group) is 1. The number of amides is 1. The van der Waals surface area contributed by atoms with Crippen LogP contribution in [0.3, 0.4) is 0 Å². The van der Waals surface area contributed by atoms with Crippen molar-refractivity contribution in [2.45, 2.75) is 13.0 Å². The fourth-order valence-corrected chi connectivity index (χ4v) is 1.78. The first-order valence-electron chi connectivity index (χ1n) is 3.68. The molecule has 0 aliphatic heterocycles. The maximum Gasteiger partial charge on any atom is 0.242 e. The third kappa shape index (κ3) is 1.84. The molecule has 1 atom stereocenters. The SMILES string of the molecule is CNC(=O)C(N)c1ccc(C)s1. The molecule has 0 bridgehead atoms. The monoisotopic (exact) mass is 184 g/mol. The van der Waals surface area contributed by atoms with Gasteiger partial charge >= 0.3 is 0 Å². The van der Waals surface area contributed by atoms with E-state index in [2.05, 4.69) is 5.32 Å². The van der Waals surface area contributed by atoms with Gasteiger partial charge in [0.2, 0.25) is 5.91 Å². The van der Waals surface area contributed by atoms with Gasteiger partial charge in [-0.1, -0.05) is 0 Å². The molecule has 0 spiro atoms. The van der Waals surface area contributed by atoms with Gasteiger partial charge in [-0.05, 0) is 19.1 Å². The van der Waals surface area contributed by atoms with E-state index < -0.39 is 6.04 Å². The zero-order valence-electron chi connectivity index (χ0n) is 7.13. The highest BCUT2D eigenvalue weighted by molar-refractivity contribution is 7.12. The molecule has 0 saturated carbocycles. The van der Waals surface area contributed by atoms with Gasteiger partial charge in [0.25, 0.3) is 0 Å². The van der Waals surface area contributed by atoms with Crippen LogP contribution in [0.5, 0.6) is 0 Å². The topological polar surface area (TPSA) is 55.1 Å². The molecule has 1 aromatic rings. The summed E-state index contributed by atoms with van der Waals surface area (Å²) in [6, 6.07) is 3.33. The number of rotatable bonds is 2. The number of hydrogen-bond donors (Lipinski definition) is 2. The summed E-state index contributed by atoms with van der Waals surface area (Å²) in [7, 11) is 1.59. The minimum Gasteiger partial charge on any atom is -0.357 e. The highest BCUT2D eigenvalue weighted by Gasteiger charge is 2.14. The first-order valence-corrected chi connectivity index (χ1v) is 4.50. The van der Waals surface area contributed by atoms with Crippen LogP contribution in [0.2, 0.25) is 0 Å². The largest absolute Gasteiger partial charge is 0.357 e. The van der Waals surface area contributed by atoms with Crippen LogP contribution in [-0.4, -0.2) is 13.0 Å².